The average molecular weight is 305 g/mol. The van der Waals surface area contributed by atoms with Gasteiger partial charge in [-0.15, -0.1) is 0 Å². The number of benzene rings is 1. The van der Waals surface area contributed by atoms with Crippen molar-refractivity contribution in [2.45, 2.75) is 25.7 Å². The van der Waals surface area contributed by atoms with Gasteiger partial charge in [-0.3, -0.25) is 4.79 Å². The fraction of sp³-hybridized carbons (Fsp3) is 0.500. The molecule has 2 nitrogen and oxygen atoms in total. The zero-order valence-electron chi connectivity index (χ0n) is 10.9. The minimum absolute atomic E-state index is 0.135. The molecule has 2 bridgehead atoms. The van der Waals surface area contributed by atoms with Crippen molar-refractivity contribution in [3.05, 3.63) is 29.1 Å². The number of nitrogens with one attached hydrogen (secondary N) is 1. The highest BCUT2D eigenvalue weighted by atomic mass is 19.2. The van der Waals surface area contributed by atoms with E-state index in [0.29, 0.717) is 12.3 Å². The SMILES string of the molecule is O=C(Nc1c(F)c(F)c(F)c(F)c1F)C1CC2CCC1C2. The Labute approximate surface area is 117 Å². The minimum Gasteiger partial charge on any atom is -0.321 e. The van der Waals surface area contributed by atoms with Crippen LogP contribution in [-0.2, 0) is 4.79 Å². The van der Waals surface area contributed by atoms with E-state index in [-0.39, 0.29) is 5.92 Å². The first-order valence-electron chi connectivity index (χ1n) is 6.72. The van der Waals surface area contributed by atoms with E-state index in [2.05, 4.69) is 0 Å². The summed E-state index contributed by atoms with van der Waals surface area (Å²) >= 11 is 0. The van der Waals surface area contributed by atoms with E-state index >= 15 is 0 Å². The first kappa shape index (κ1) is 14.3. The summed E-state index contributed by atoms with van der Waals surface area (Å²) in [6, 6.07) is 0. The van der Waals surface area contributed by atoms with E-state index in [1.165, 1.54) is 0 Å². The molecule has 1 N–H and O–H groups in total. The largest absolute Gasteiger partial charge is 0.321 e. The predicted molar refractivity (Wildman–Crippen MR) is 63.8 cm³/mol. The third-order valence-corrected chi connectivity index (χ3v) is 4.53. The van der Waals surface area contributed by atoms with Gasteiger partial charge in [0.15, 0.2) is 23.3 Å². The Bertz CT molecular complexity index is 589. The Balaban J connectivity index is 1.87. The monoisotopic (exact) mass is 305 g/mol. The summed E-state index contributed by atoms with van der Waals surface area (Å²) in [6.45, 7) is 0. The summed E-state index contributed by atoms with van der Waals surface area (Å²) in [5.74, 6) is -10.9. The molecule has 2 aliphatic rings. The molecular weight excluding hydrogens is 293 g/mol. The van der Waals surface area contributed by atoms with Crippen LogP contribution in [0.1, 0.15) is 25.7 Å². The smallest absolute Gasteiger partial charge is 0.227 e. The van der Waals surface area contributed by atoms with Crippen LogP contribution < -0.4 is 5.32 Å². The van der Waals surface area contributed by atoms with E-state index in [9.17, 15) is 26.7 Å². The normalized spacial score (nSPS) is 27.2. The standard InChI is InChI=1S/C14H12F5NO/c15-8-9(16)11(18)13(12(19)10(8)17)20-14(21)7-4-5-1-2-6(7)3-5/h5-7H,1-4H2,(H,20,21). The number of anilines is 1. The number of amides is 1. The van der Waals surface area contributed by atoms with Gasteiger partial charge in [0, 0.05) is 5.92 Å². The Morgan fingerprint density at radius 3 is 1.90 bits per heavy atom. The van der Waals surface area contributed by atoms with Gasteiger partial charge in [0.1, 0.15) is 5.69 Å². The fourth-order valence-corrected chi connectivity index (χ4v) is 3.50. The van der Waals surface area contributed by atoms with Crippen LogP contribution >= 0.6 is 0 Å². The molecule has 0 radical (unpaired) electrons. The van der Waals surface area contributed by atoms with Gasteiger partial charge in [-0.25, -0.2) is 22.0 Å². The Morgan fingerprint density at radius 1 is 0.857 bits per heavy atom. The van der Waals surface area contributed by atoms with Gasteiger partial charge in [0.25, 0.3) is 0 Å². The second kappa shape index (κ2) is 4.96. The maximum Gasteiger partial charge on any atom is 0.227 e. The molecule has 3 atom stereocenters. The number of hydrogen-bond acceptors (Lipinski definition) is 1. The number of carbonyl (C=O) groups is 1. The van der Waals surface area contributed by atoms with E-state index < -0.39 is 46.6 Å². The van der Waals surface area contributed by atoms with Gasteiger partial charge in [-0.05, 0) is 31.1 Å². The van der Waals surface area contributed by atoms with Gasteiger partial charge in [-0.1, -0.05) is 6.42 Å². The van der Waals surface area contributed by atoms with Crippen molar-refractivity contribution in [2.75, 3.05) is 5.32 Å². The van der Waals surface area contributed by atoms with Crippen molar-refractivity contribution < 1.29 is 26.7 Å². The lowest BCUT2D eigenvalue weighted by Gasteiger charge is -2.21. The second-order valence-corrected chi connectivity index (χ2v) is 5.72. The Kier molecular flexibility index (Phi) is 3.37. The van der Waals surface area contributed by atoms with Gasteiger partial charge < -0.3 is 5.32 Å². The van der Waals surface area contributed by atoms with Crippen LogP contribution in [0, 0.1) is 46.8 Å². The van der Waals surface area contributed by atoms with Crippen molar-refractivity contribution in [1.29, 1.82) is 0 Å². The predicted octanol–water partition coefficient (Wildman–Crippen LogP) is 3.76. The summed E-state index contributed by atoms with van der Waals surface area (Å²) in [6.07, 6.45) is 3.37. The lowest BCUT2D eigenvalue weighted by atomic mass is 9.88. The third kappa shape index (κ3) is 2.18. The molecule has 0 aliphatic heterocycles. The molecule has 0 aromatic heterocycles. The average Bonchev–Trinajstić information content (AvgIpc) is 3.10. The first-order valence-corrected chi connectivity index (χ1v) is 6.72. The molecule has 1 amide bonds. The maximum absolute atomic E-state index is 13.5. The number of rotatable bonds is 2. The molecule has 2 fully saturated rings. The molecule has 0 saturated heterocycles. The summed E-state index contributed by atoms with van der Waals surface area (Å²) in [7, 11) is 0. The molecule has 1 aromatic carbocycles. The first-order chi connectivity index (χ1) is 9.90. The van der Waals surface area contributed by atoms with Crippen LogP contribution in [0.3, 0.4) is 0 Å². The zero-order chi connectivity index (χ0) is 15.3. The maximum atomic E-state index is 13.5. The van der Waals surface area contributed by atoms with Crippen molar-refractivity contribution >= 4 is 11.6 Å². The van der Waals surface area contributed by atoms with E-state index in [0.717, 1.165) is 19.3 Å². The molecule has 7 heteroatoms. The molecule has 2 saturated carbocycles. The number of hydrogen-bond donors (Lipinski definition) is 1. The lowest BCUT2D eigenvalue weighted by molar-refractivity contribution is -0.121. The third-order valence-electron chi connectivity index (χ3n) is 4.53. The Hall–Kier alpha value is -1.66. The van der Waals surface area contributed by atoms with Crippen LogP contribution in [0.15, 0.2) is 0 Å². The highest BCUT2D eigenvalue weighted by Crippen LogP contribution is 2.48. The van der Waals surface area contributed by atoms with Crippen LogP contribution in [0.5, 0.6) is 0 Å². The summed E-state index contributed by atoms with van der Waals surface area (Å²) < 4.78 is 66.1. The highest BCUT2D eigenvalue weighted by molar-refractivity contribution is 5.93. The molecule has 3 rings (SSSR count). The molecule has 114 valence electrons. The lowest BCUT2D eigenvalue weighted by Crippen LogP contribution is -2.28. The van der Waals surface area contributed by atoms with Crippen LogP contribution in [0.25, 0.3) is 0 Å². The molecule has 0 heterocycles. The van der Waals surface area contributed by atoms with Crippen LogP contribution in [0.4, 0.5) is 27.6 Å². The number of halogens is 5. The highest BCUT2D eigenvalue weighted by Gasteiger charge is 2.43. The van der Waals surface area contributed by atoms with Gasteiger partial charge in [0.05, 0.1) is 0 Å². The minimum atomic E-state index is -2.23. The second-order valence-electron chi connectivity index (χ2n) is 5.72. The van der Waals surface area contributed by atoms with Gasteiger partial charge in [0.2, 0.25) is 11.7 Å². The van der Waals surface area contributed by atoms with Gasteiger partial charge >= 0.3 is 0 Å². The molecular formula is C14H12F5NO. The van der Waals surface area contributed by atoms with E-state index in [1.807, 2.05) is 5.32 Å². The molecule has 3 unspecified atom stereocenters. The molecule has 0 spiro atoms. The van der Waals surface area contributed by atoms with E-state index in [1.54, 1.807) is 0 Å². The summed E-state index contributed by atoms with van der Waals surface area (Å²) in [5, 5.41) is 1.88. The van der Waals surface area contributed by atoms with Crippen molar-refractivity contribution in [3.63, 3.8) is 0 Å². The molecule has 2 aliphatic carbocycles. The quantitative estimate of drug-likeness (QED) is 0.503. The molecule has 1 aromatic rings. The summed E-state index contributed by atoms with van der Waals surface area (Å²) in [4.78, 5) is 12.0. The topological polar surface area (TPSA) is 29.1 Å². The zero-order valence-corrected chi connectivity index (χ0v) is 10.9. The van der Waals surface area contributed by atoms with E-state index in [4.69, 9.17) is 0 Å². The number of fused-ring (bicyclic) bond motifs is 2. The van der Waals surface area contributed by atoms with Crippen LogP contribution in [-0.4, -0.2) is 5.91 Å². The number of carbonyl (C=O) groups excluding carboxylic acids is 1. The Morgan fingerprint density at radius 2 is 1.43 bits per heavy atom. The van der Waals surface area contributed by atoms with Crippen molar-refractivity contribution in [2.24, 2.45) is 17.8 Å². The molecule has 21 heavy (non-hydrogen) atoms. The van der Waals surface area contributed by atoms with Crippen molar-refractivity contribution in [3.8, 4) is 0 Å². The van der Waals surface area contributed by atoms with Gasteiger partial charge in [-0.2, -0.15) is 0 Å². The van der Waals surface area contributed by atoms with Crippen LogP contribution in [0.2, 0.25) is 0 Å². The van der Waals surface area contributed by atoms with Crippen molar-refractivity contribution in [1.82, 2.24) is 0 Å². The summed E-state index contributed by atoms with van der Waals surface area (Å²) in [5.41, 5.74) is -1.26. The fourth-order valence-electron chi connectivity index (χ4n) is 3.50.